The van der Waals surface area contributed by atoms with Crippen LogP contribution in [0, 0.1) is 0 Å². The third-order valence-corrected chi connectivity index (χ3v) is 1.79. The molecule has 0 heterocycles. The van der Waals surface area contributed by atoms with Gasteiger partial charge in [0.1, 0.15) is 0 Å². The molecule has 0 aliphatic rings. The molecule has 0 fully saturated rings. The van der Waals surface area contributed by atoms with E-state index in [9.17, 15) is 4.79 Å². The lowest BCUT2D eigenvalue weighted by Gasteiger charge is -2.10. The van der Waals surface area contributed by atoms with E-state index in [0.717, 1.165) is 0 Å². The van der Waals surface area contributed by atoms with Crippen molar-refractivity contribution >= 4 is 11.6 Å². The van der Waals surface area contributed by atoms with Gasteiger partial charge in [0.2, 0.25) is 5.91 Å². The maximum absolute atomic E-state index is 10.5. The fourth-order valence-corrected chi connectivity index (χ4v) is 1.07. The van der Waals surface area contributed by atoms with E-state index >= 15 is 0 Å². The Hall–Kier alpha value is -1.91. The van der Waals surface area contributed by atoms with Crippen molar-refractivity contribution in [2.75, 3.05) is 19.5 Å². The summed E-state index contributed by atoms with van der Waals surface area (Å²) >= 11 is 0. The van der Waals surface area contributed by atoms with Crippen LogP contribution in [0.1, 0.15) is 6.42 Å². The van der Waals surface area contributed by atoms with Crippen LogP contribution >= 0.6 is 0 Å². The minimum absolute atomic E-state index is 0.174. The van der Waals surface area contributed by atoms with Crippen molar-refractivity contribution in [2.24, 2.45) is 5.73 Å². The molecule has 1 rings (SSSR count). The smallest absolute Gasteiger partial charge is 0.220 e. The van der Waals surface area contributed by atoms with Gasteiger partial charge >= 0.3 is 0 Å². The van der Waals surface area contributed by atoms with Gasteiger partial charge in [0.05, 0.1) is 20.1 Å². The average molecular weight is 210 g/mol. The van der Waals surface area contributed by atoms with Gasteiger partial charge in [0.15, 0.2) is 11.5 Å². The second-order valence-electron chi connectivity index (χ2n) is 2.98. The number of hydrogen-bond acceptors (Lipinski definition) is 4. The summed E-state index contributed by atoms with van der Waals surface area (Å²) < 4.78 is 10.4. The van der Waals surface area contributed by atoms with E-state index in [1.54, 1.807) is 18.2 Å². The second kappa shape index (κ2) is 5.09. The Morgan fingerprint density at radius 2 is 2.13 bits per heavy atom. The Bertz CT molecular complexity index is 353. The number of benzene rings is 1. The number of anilines is 1. The number of ether oxygens (including phenoxy) is 2. The van der Waals surface area contributed by atoms with Crippen LogP contribution in [0.2, 0.25) is 0 Å². The van der Waals surface area contributed by atoms with Gasteiger partial charge in [-0.25, -0.2) is 0 Å². The van der Waals surface area contributed by atoms with Gasteiger partial charge in [-0.3, -0.25) is 4.79 Å². The van der Waals surface area contributed by atoms with E-state index in [1.165, 1.54) is 7.11 Å². The average Bonchev–Trinajstić information content (AvgIpc) is 2.19. The third-order valence-electron chi connectivity index (χ3n) is 1.79. The van der Waals surface area contributed by atoms with Crippen LogP contribution < -0.4 is 20.9 Å². The van der Waals surface area contributed by atoms with Crippen LogP contribution in [0.4, 0.5) is 5.69 Å². The standard InChI is InChI=1S/C10H14N2O3/c1-14-9-6-7(11)2-3-8(9)15-5-4-10(12)13/h2-3,6H,4-5,11H2,1H3,(H2,12,13). The molecule has 1 amide bonds. The highest BCUT2D eigenvalue weighted by Gasteiger charge is 2.04. The molecule has 0 bridgehead atoms. The number of hydrogen-bond donors (Lipinski definition) is 2. The molecule has 1 aromatic carbocycles. The van der Waals surface area contributed by atoms with Crippen molar-refractivity contribution in [3.8, 4) is 11.5 Å². The predicted molar refractivity (Wildman–Crippen MR) is 56.7 cm³/mol. The molecule has 5 heteroatoms. The van der Waals surface area contributed by atoms with Crippen LogP contribution in [-0.4, -0.2) is 19.6 Å². The molecule has 0 unspecified atom stereocenters. The molecule has 4 N–H and O–H groups in total. The highest BCUT2D eigenvalue weighted by Crippen LogP contribution is 2.28. The Morgan fingerprint density at radius 1 is 1.40 bits per heavy atom. The summed E-state index contributed by atoms with van der Waals surface area (Å²) in [6.07, 6.45) is 0.174. The second-order valence-corrected chi connectivity index (χ2v) is 2.98. The summed E-state index contributed by atoms with van der Waals surface area (Å²) in [6, 6.07) is 5.04. The number of primary amides is 1. The highest BCUT2D eigenvalue weighted by atomic mass is 16.5. The molecule has 0 saturated heterocycles. The quantitative estimate of drug-likeness (QED) is 0.694. The summed E-state index contributed by atoms with van der Waals surface area (Å²) in [7, 11) is 1.52. The summed E-state index contributed by atoms with van der Waals surface area (Å²) in [5.74, 6) is 0.692. The number of nitrogens with two attached hydrogens (primary N) is 2. The number of amides is 1. The van der Waals surface area contributed by atoms with Crippen molar-refractivity contribution in [3.05, 3.63) is 18.2 Å². The summed E-state index contributed by atoms with van der Waals surface area (Å²) in [4.78, 5) is 10.5. The molecule has 1 aromatic rings. The van der Waals surface area contributed by atoms with E-state index < -0.39 is 5.91 Å². The Balaban J connectivity index is 2.63. The Morgan fingerprint density at radius 3 is 2.73 bits per heavy atom. The number of methoxy groups -OCH3 is 1. The Labute approximate surface area is 88.0 Å². The zero-order valence-electron chi connectivity index (χ0n) is 8.53. The van der Waals surface area contributed by atoms with Crippen LogP contribution in [0.5, 0.6) is 11.5 Å². The SMILES string of the molecule is COc1cc(N)ccc1OCCC(N)=O. The number of carbonyl (C=O) groups is 1. The van der Waals surface area contributed by atoms with Crippen molar-refractivity contribution in [2.45, 2.75) is 6.42 Å². The van der Waals surface area contributed by atoms with Crippen LogP contribution in [0.15, 0.2) is 18.2 Å². The Kier molecular flexibility index (Phi) is 3.79. The summed E-state index contributed by atoms with van der Waals surface area (Å²) in [6.45, 7) is 0.232. The molecule has 0 aromatic heterocycles. The lowest BCUT2D eigenvalue weighted by Crippen LogP contribution is -2.14. The molecule has 0 saturated carbocycles. The number of rotatable bonds is 5. The van der Waals surface area contributed by atoms with Crippen molar-refractivity contribution < 1.29 is 14.3 Å². The maximum Gasteiger partial charge on any atom is 0.220 e. The van der Waals surface area contributed by atoms with Gasteiger partial charge in [-0.15, -0.1) is 0 Å². The lowest BCUT2D eigenvalue weighted by molar-refractivity contribution is -0.118. The first-order valence-electron chi connectivity index (χ1n) is 4.48. The monoisotopic (exact) mass is 210 g/mol. The molecule has 82 valence electrons. The van der Waals surface area contributed by atoms with E-state index in [-0.39, 0.29) is 13.0 Å². The van der Waals surface area contributed by atoms with Gasteiger partial charge in [-0.05, 0) is 12.1 Å². The minimum Gasteiger partial charge on any atom is -0.493 e. The van der Waals surface area contributed by atoms with Gasteiger partial charge in [-0.2, -0.15) is 0 Å². The molecule has 0 atom stereocenters. The van der Waals surface area contributed by atoms with Gasteiger partial charge in [0.25, 0.3) is 0 Å². The summed E-state index contributed by atoms with van der Waals surface area (Å²) in [5, 5.41) is 0. The van der Waals surface area contributed by atoms with Crippen molar-refractivity contribution in [3.63, 3.8) is 0 Å². The predicted octanol–water partition coefficient (Wildman–Crippen LogP) is 0.532. The van der Waals surface area contributed by atoms with E-state index in [0.29, 0.717) is 17.2 Å². The molecule has 0 aliphatic carbocycles. The van der Waals surface area contributed by atoms with Gasteiger partial charge in [0, 0.05) is 11.8 Å². The maximum atomic E-state index is 10.5. The fourth-order valence-electron chi connectivity index (χ4n) is 1.07. The van der Waals surface area contributed by atoms with E-state index in [2.05, 4.69) is 0 Å². The number of carbonyl (C=O) groups excluding carboxylic acids is 1. The molecule has 0 aliphatic heterocycles. The molecule has 15 heavy (non-hydrogen) atoms. The zero-order valence-corrected chi connectivity index (χ0v) is 8.53. The van der Waals surface area contributed by atoms with Gasteiger partial charge in [-0.1, -0.05) is 0 Å². The zero-order chi connectivity index (χ0) is 11.3. The fraction of sp³-hybridized carbons (Fsp3) is 0.300. The first-order chi connectivity index (χ1) is 7.13. The van der Waals surface area contributed by atoms with Crippen LogP contribution in [-0.2, 0) is 4.79 Å². The first kappa shape index (κ1) is 11.2. The largest absolute Gasteiger partial charge is 0.493 e. The molecular weight excluding hydrogens is 196 g/mol. The molecular formula is C10H14N2O3. The topological polar surface area (TPSA) is 87.6 Å². The molecule has 0 spiro atoms. The van der Waals surface area contributed by atoms with Crippen LogP contribution in [0.3, 0.4) is 0 Å². The molecule has 0 radical (unpaired) electrons. The van der Waals surface area contributed by atoms with E-state index in [4.69, 9.17) is 20.9 Å². The normalized spacial score (nSPS) is 9.67. The molecule has 5 nitrogen and oxygen atoms in total. The summed E-state index contributed by atoms with van der Waals surface area (Å²) in [5.41, 5.74) is 11.1. The van der Waals surface area contributed by atoms with Crippen molar-refractivity contribution in [1.29, 1.82) is 0 Å². The van der Waals surface area contributed by atoms with Crippen molar-refractivity contribution in [1.82, 2.24) is 0 Å². The minimum atomic E-state index is -0.399. The number of nitrogen functional groups attached to an aromatic ring is 1. The third kappa shape index (κ3) is 3.38. The lowest BCUT2D eigenvalue weighted by atomic mass is 10.3. The first-order valence-corrected chi connectivity index (χ1v) is 4.48. The highest BCUT2D eigenvalue weighted by molar-refractivity contribution is 5.73. The van der Waals surface area contributed by atoms with Crippen LogP contribution in [0.25, 0.3) is 0 Å². The van der Waals surface area contributed by atoms with Gasteiger partial charge < -0.3 is 20.9 Å². The van der Waals surface area contributed by atoms with E-state index in [1.807, 2.05) is 0 Å².